The van der Waals surface area contributed by atoms with Crippen molar-refractivity contribution >= 4 is 28.7 Å². The molecule has 1 heterocycles. The third kappa shape index (κ3) is 6.62. The number of nitrogens with zero attached hydrogens (tertiary/aromatic N) is 1. The van der Waals surface area contributed by atoms with Gasteiger partial charge in [-0.05, 0) is 97.8 Å². The van der Waals surface area contributed by atoms with E-state index < -0.39 is 39.9 Å². The van der Waals surface area contributed by atoms with Gasteiger partial charge in [0, 0.05) is 63.3 Å². The van der Waals surface area contributed by atoms with Gasteiger partial charge in [0.1, 0.15) is 5.82 Å². The number of rotatable bonds is 14. The molecule has 6 aliphatic carbocycles. The maximum Gasteiger partial charge on any atom is 0.164 e. The lowest BCUT2D eigenvalue weighted by molar-refractivity contribution is -0.179. The molecule has 6 aliphatic rings. The van der Waals surface area contributed by atoms with Crippen LogP contribution in [0.2, 0.25) is 5.02 Å². The van der Waals surface area contributed by atoms with Crippen molar-refractivity contribution in [2.45, 2.75) is 96.1 Å². The zero-order valence-electron chi connectivity index (χ0n) is 32.1. The second-order valence-corrected chi connectivity index (χ2v) is 19.3. The van der Waals surface area contributed by atoms with Gasteiger partial charge >= 0.3 is 0 Å². The van der Waals surface area contributed by atoms with Gasteiger partial charge < -0.3 is 20.1 Å². The van der Waals surface area contributed by atoms with E-state index in [1.165, 1.54) is 10.9 Å². The number of aliphatic hydroxyl groups is 3. The van der Waals surface area contributed by atoms with Gasteiger partial charge in [-0.1, -0.05) is 86.1 Å². The van der Waals surface area contributed by atoms with Crippen molar-refractivity contribution in [2.24, 2.45) is 33.5 Å². The SMILES string of the molecule is CC12CCC(O)CC13C=CC1(C(C(=O)Cc4c(F)cccc4Cl)=C3)C2CCC2(C)C1CCC2(O)CN(CCc1cccs1)CC(O)COCc1ccccc1. The first-order valence-electron chi connectivity index (χ1n) is 20.2. The Morgan fingerprint density at radius 1 is 1.00 bits per heavy atom. The highest BCUT2D eigenvalue weighted by Gasteiger charge is 2.74. The minimum Gasteiger partial charge on any atom is -0.393 e. The molecular formula is C46H55ClFNO5S. The van der Waals surface area contributed by atoms with E-state index in [0.29, 0.717) is 44.7 Å². The second kappa shape index (κ2) is 14.9. The zero-order valence-corrected chi connectivity index (χ0v) is 33.6. The molecule has 1 aromatic heterocycles. The lowest BCUT2D eigenvalue weighted by atomic mass is 9.32. The standard InChI is InChI=1S/C46H55ClFNO5S/c1-42-17-13-32(50)25-44(42)20-21-46(36(26-44)39(52)24-35-37(47)11-6-12-38(35)48)40(42)14-18-43(2)41(46)15-19-45(43,53)30-49(22-16-34-10-7-23-55-34)27-33(51)29-54-28-31-8-4-3-5-9-31/h3-12,20-21,23,26,32-33,40-41,50-51,53H,13-19,22,24-25,27-30H2,1-2H3. The van der Waals surface area contributed by atoms with Gasteiger partial charge in [-0.3, -0.25) is 9.69 Å². The minimum absolute atomic E-state index is 0.0356. The van der Waals surface area contributed by atoms with Crippen molar-refractivity contribution in [3.8, 4) is 0 Å². The summed E-state index contributed by atoms with van der Waals surface area (Å²) >= 11 is 8.22. The maximum absolute atomic E-state index is 15.2. The Bertz CT molecular complexity index is 1920. The molecule has 0 amide bonds. The van der Waals surface area contributed by atoms with Crippen LogP contribution >= 0.6 is 22.9 Å². The molecule has 0 saturated heterocycles. The number of ketones is 1. The Balaban J connectivity index is 1.10. The molecule has 3 fully saturated rings. The van der Waals surface area contributed by atoms with Crippen molar-refractivity contribution < 1.29 is 29.2 Å². The Labute approximate surface area is 334 Å². The van der Waals surface area contributed by atoms with Gasteiger partial charge in [-0.15, -0.1) is 11.3 Å². The molecule has 2 spiro atoms. The van der Waals surface area contributed by atoms with E-state index in [2.05, 4.69) is 54.5 Å². The first kappa shape index (κ1) is 39.2. The summed E-state index contributed by atoms with van der Waals surface area (Å²) in [4.78, 5) is 18.3. The summed E-state index contributed by atoms with van der Waals surface area (Å²) in [6.45, 7) is 6.66. The quantitative estimate of drug-likeness (QED) is 0.142. The average Bonchev–Trinajstić information content (AvgIpc) is 3.78. The van der Waals surface area contributed by atoms with Crippen molar-refractivity contribution in [3.05, 3.63) is 117 Å². The molecule has 9 heteroatoms. The highest BCUT2D eigenvalue weighted by Crippen LogP contribution is 2.78. The number of carbonyl (C=O) groups excluding carboxylic acids is 1. The Hall–Kier alpha value is -2.69. The van der Waals surface area contributed by atoms with Crippen LogP contribution in [-0.4, -0.2) is 70.1 Å². The summed E-state index contributed by atoms with van der Waals surface area (Å²) in [6, 6.07) is 18.7. The van der Waals surface area contributed by atoms with E-state index >= 15 is 4.39 Å². The van der Waals surface area contributed by atoms with Gasteiger partial charge in [-0.25, -0.2) is 4.39 Å². The van der Waals surface area contributed by atoms with Crippen LogP contribution < -0.4 is 0 Å². The van der Waals surface area contributed by atoms with Gasteiger partial charge in [0.25, 0.3) is 0 Å². The number of fused-ring (bicyclic) bond motifs is 1. The van der Waals surface area contributed by atoms with Crippen molar-refractivity contribution in [1.29, 1.82) is 0 Å². The van der Waals surface area contributed by atoms with Gasteiger partial charge in [0.2, 0.25) is 0 Å². The number of hydrogen-bond acceptors (Lipinski definition) is 7. The summed E-state index contributed by atoms with van der Waals surface area (Å²) < 4.78 is 21.1. The molecule has 6 nitrogen and oxygen atoms in total. The zero-order chi connectivity index (χ0) is 38.6. The van der Waals surface area contributed by atoms with Crippen LogP contribution in [0.15, 0.2) is 89.8 Å². The van der Waals surface area contributed by atoms with Crippen molar-refractivity contribution in [1.82, 2.24) is 4.90 Å². The van der Waals surface area contributed by atoms with Gasteiger partial charge in [-0.2, -0.15) is 0 Å². The van der Waals surface area contributed by atoms with Crippen LogP contribution in [0.4, 0.5) is 4.39 Å². The van der Waals surface area contributed by atoms with Gasteiger partial charge in [0.05, 0.1) is 31.0 Å². The fraction of sp³-hybridized carbons (Fsp3) is 0.543. The molecule has 9 atom stereocenters. The second-order valence-electron chi connectivity index (χ2n) is 17.8. The van der Waals surface area contributed by atoms with Crippen LogP contribution in [0.3, 0.4) is 0 Å². The van der Waals surface area contributed by atoms with Crippen molar-refractivity contribution in [3.63, 3.8) is 0 Å². The van der Waals surface area contributed by atoms with Crippen LogP contribution in [0.1, 0.15) is 74.8 Å². The molecule has 0 radical (unpaired) electrons. The largest absolute Gasteiger partial charge is 0.393 e. The number of Topliss-reactive ketones (excluding diaryl/α,β-unsaturated/α-hetero) is 1. The molecule has 2 bridgehead atoms. The maximum atomic E-state index is 15.2. The topological polar surface area (TPSA) is 90.2 Å². The fourth-order valence-electron chi connectivity index (χ4n) is 12.2. The fourth-order valence-corrected chi connectivity index (χ4v) is 13.1. The molecule has 2 aromatic carbocycles. The monoisotopic (exact) mass is 787 g/mol. The molecule has 294 valence electrons. The van der Waals surface area contributed by atoms with E-state index in [9.17, 15) is 20.1 Å². The predicted octanol–water partition coefficient (Wildman–Crippen LogP) is 8.37. The van der Waals surface area contributed by atoms with Crippen LogP contribution in [-0.2, 0) is 29.0 Å². The average molecular weight is 788 g/mol. The molecule has 9 unspecified atom stereocenters. The Morgan fingerprint density at radius 3 is 2.53 bits per heavy atom. The molecule has 0 aliphatic heterocycles. The number of allylic oxidation sites excluding steroid dienone is 4. The lowest BCUT2D eigenvalue weighted by Gasteiger charge is -2.71. The van der Waals surface area contributed by atoms with E-state index in [1.54, 1.807) is 23.5 Å². The van der Waals surface area contributed by atoms with Crippen LogP contribution in [0.25, 0.3) is 0 Å². The van der Waals surface area contributed by atoms with Crippen molar-refractivity contribution in [2.75, 3.05) is 26.2 Å². The third-order valence-electron chi connectivity index (χ3n) is 15.0. The summed E-state index contributed by atoms with van der Waals surface area (Å²) in [7, 11) is 0. The molecular weight excluding hydrogens is 733 g/mol. The smallest absolute Gasteiger partial charge is 0.164 e. The van der Waals surface area contributed by atoms with E-state index in [1.807, 2.05) is 30.3 Å². The summed E-state index contributed by atoms with van der Waals surface area (Å²) in [5.41, 5.74) is -0.918. The number of hydrogen-bond donors (Lipinski definition) is 3. The first-order chi connectivity index (χ1) is 26.3. The van der Waals surface area contributed by atoms with Crippen LogP contribution in [0.5, 0.6) is 0 Å². The summed E-state index contributed by atoms with van der Waals surface area (Å²) in [5.74, 6) is -0.510. The molecule has 3 N–H and O–H groups in total. The molecule has 9 rings (SSSR count). The molecule has 55 heavy (non-hydrogen) atoms. The molecule has 3 aromatic rings. The number of ether oxygens (including phenoxy) is 1. The normalized spacial score (nSPS) is 35.3. The Kier molecular flexibility index (Phi) is 10.6. The third-order valence-corrected chi connectivity index (χ3v) is 16.3. The lowest BCUT2D eigenvalue weighted by Crippen LogP contribution is -2.67. The Morgan fingerprint density at radius 2 is 1.76 bits per heavy atom. The van der Waals surface area contributed by atoms with Gasteiger partial charge in [0.15, 0.2) is 5.78 Å². The van der Waals surface area contributed by atoms with E-state index in [4.69, 9.17) is 16.3 Å². The number of carbonyl (C=O) groups is 1. The van der Waals surface area contributed by atoms with E-state index in [0.717, 1.165) is 44.1 Å². The highest BCUT2D eigenvalue weighted by molar-refractivity contribution is 7.09. The first-order valence-corrected chi connectivity index (χ1v) is 21.4. The number of aliphatic hydroxyl groups excluding tert-OH is 2. The van der Waals surface area contributed by atoms with Crippen LogP contribution in [0, 0.1) is 39.3 Å². The summed E-state index contributed by atoms with van der Waals surface area (Å²) in [6.07, 6.45) is 11.4. The minimum atomic E-state index is -1.08. The molecule has 3 saturated carbocycles. The number of benzene rings is 2. The summed E-state index contributed by atoms with van der Waals surface area (Å²) in [5, 5.41) is 37.8. The number of thiophene rings is 1. The predicted molar refractivity (Wildman–Crippen MR) is 215 cm³/mol. The van der Waals surface area contributed by atoms with E-state index in [-0.39, 0.29) is 46.6 Å². The number of halogens is 2. The highest BCUT2D eigenvalue weighted by atomic mass is 35.5.